The van der Waals surface area contributed by atoms with Crippen LogP contribution in [0.15, 0.2) is 11.6 Å². The Morgan fingerprint density at radius 2 is 2.06 bits per heavy atom. The van der Waals surface area contributed by atoms with E-state index < -0.39 is 6.61 Å². The van der Waals surface area contributed by atoms with Crippen molar-refractivity contribution in [2.24, 2.45) is 7.05 Å². The van der Waals surface area contributed by atoms with Crippen molar-refractivity contribution in [3.8, 4) is 0 Å². The molecule has 0 saturated carbocycles. The zero-order valence-electron chi connectivity index (χ0n) is 9.48. The fourth-order valence-corrected chi connectivity index (χ4v) is 2.12. The fraction of sp³-hybridized carbons (Fsp3) is 0.250. The molecule has 0 spiro atoms. The highest BCUT2D eigenvalue weighted by Gasteiger charge is 2.32. The van der Waals surface area contributed by atoms with Crippen LogP contribution in [0.4, 0.5) is 0 Å². The number of carbonyl (C=O) groups excluding carboxylic acids is 3. The number of ketones is 2. The molecule has 0 amide bonds. The first-order valence-electron chi connectivity index (χ1n) is 5.07. The molecule has 88 valence electrons. The molecule has 1 aliphatic carbocycles. The van der Waals surface area contributed by atoms with E-state index in [4.69, 9.17) is 0 Å². The van der Waals surface area contributed by atoms with Gasteiger partial charge in [-0.25, -0.2) is 0 Å². The van der Waals surface area contributed by atoms with Gasteiger partial charge in [0.1, 0.15) is 5.69 Å². The monoisotopic (exact) mass is 233 g/mol. The molecule has 0 radical (unpaired) electrons. The van der Waals surface area contributed by atoms with Crippen molar-refractivity contribution in [3.63, 3.8) is 0 Å². The summed E-state index contributed by atoms with van der Waals surface area (Å²) in [5, 5.41) is 9.20. The Labute approximate surface area is 97.4 Å². The highest BCUT2D eigenvalue weighted by atomic mass is 16.3. The van der Waals surface area contributed by atoms with Crippen LogP contribution in [0, 0.1) is 0 Å². The second kappa shape index (κ2) is 3.78. The first kappa shape index (κ1) is 11.5. The smallest absolute Gasteiger partial charge is 0.203 e. The van der Waals surface area contributed by atoms with Crippen molar-refractivity contribution in [1.29, 1.82) is 0 Å². The van der Waals surface area contributed by atoms with Gasteiger partial charge in [-0.3, -0.25) is 14.4 Å². The van der Waals surface area contributed by atoms with Crippen molar-refractivity contribution < 1.29 is 19.5 Å². The van der Waals surface area contributed by atoms with Crippen LogP contribution < -0.4 is 0 Å². The maximum atomic E-state index is 11.9. The largest absolute Gasteiger partial charge is 0.390 e. The third-order valence-corrected chi connectivity index (χ3v) is 2.99. The van der Waals surface area contributed by atoms with Gasteiger partial charge < -0.3 is 9.67 Å². The van der Waals surface area contributed by atoms with E-state index in [1.54, 1.807) is 7.05 Å². The molecule has 1 N–H and O–H groups in total. The number of aldehydes is 1. The van der Waals surface area contributed by atoms with Crippen LogP contribution in [0.1, 0.15) is 43.8 Å². The van der Waals surface area contributed by atoms with Gasteiger partial charge in [0.2, 0.25) is 5.78 Å². The molecular formula is C12H11NO4. The van der Waals surface area contributed by atoms with Crippen LogP contribution in [0.2, 0.25) is 0 Å². The third kappa shape index (κ3) is 1.39. The molecule has 0 atom stereocenters. The first-order chi connectivity index (χ1) is 8.02. The number of hydrogen-bond donors (Lipinski definition) is 1. The average molecular weight is 233 g/mol. The molecule has 0 saturated heterocycles. The normalized spacial score (nSPS) is 14.6. The number of fused-ring (bicyclic) bond motifs is 1. The molecule has 0 aromatic carbocycles. The van der Waals surface area contributed by atoms with E-state index in [1.807, 2.05) is 0 Å². The van der Waals surface area contributed by atoms with Crippen molar-refractivity contribution in [1.82, 2.24) is 4.57 Å². The Balaban J connectivity index is 2.85. The molecule has 0 fully saturated rings. The quantitative estimate of drug-likeness (QED) is 0.761. The Kier molecular flexibility index (Phi) is 2.55. The summed E-state index contributed by atoms with van der Waals surface area (Å²) in [4.78, 5) is 34.8. The van der Waals surface area contributed by atoms with Crippen molar-refractivity contribution in [2.75, 3.05) is 0 Å². The minimum absolute atomic E-state index is 0.107. The number of allylic oxidation sites excluding steroid dienone is 2. The molecule has 2 rings (SSSR count). The zero-order valence-corrected chi connectivity index (χ0v) is 9.48. The Bertz CT molecular complexity index is 578. The maximum Gasteiger partial charge on any atom is 0.203 e. The maximum absolute atomic E-state index is 11.9. The van der Waals surface area contributed by atoms with Crippen LogP contribution >= 0.6 is 0 Å². The summed E-state index contributed by atoms with van der Waals surface area (Å²) in [5.74, 6) is -0.653. The topological polar surface area (TPSA) is 76.4 Å². The highest BCUT2D eigenvalue weighted by molar-refractivity contribution is 6.26. The molecule has 1 aliphatic rings. The van der Waals surface area contributed by atoms with Crippen LogP contribution in [0.3, 0.4) is 0 Å². The van der Waals surface area contributed by atoms with Crippen LogP contribution in [-0.4, -0.2) is 27.5 Å². The van der Waals surface area contributed by atoms with Crippen molar-refractivity contribution >= 4 is 17.9 Å². The molecule has 17 heavy (non-hydrogen) atoms. The van der Waals surface area contributed by atoms with E-state index in [9.17, 15) is 19.5 Å². The van der Waals surface area contributed by atoms with Gasteiger partial charge in [-0.05, 0) is 13.0 Å². The minimum Gasteiger partial charge on any atom is -0.390 e. The molecule has 5 nitrogen and oxygen atoms in total. The summed E-state index contributed by atoms with van der Waals surface area (Å²) in [6.07, 6.45) is 1.76. The van der Waals surface area contributed by atoms with E-state index >= 15 is 0 Å². The van der Waals surface area contributed by atoms with E-state index in [2.05, 4.69) is 0 Å². The molecule has 0 bridgehead atoms. The summed E-state index contributed by atoms with van der Waals surface area (Å²) in [7, 11) is 1.55. The fourth-order valence-electron chi connectivity index (χ4n) is 2.12. The van der Waals surface area contributed by atoms with Crippen LogP contribution in [0.5, 0.6) is 0 Å². The molecule has 1 heterocycles. The third-order valence-electron chi connectivity index (χ3n) is 2.99. The highest BCUT2D eigenvalue weighted by Crippen LogP contribution is 2.28. The van der Waals surface area contributed by atoms with Gasteiger partial charge in [0.05, 0.1) is 17.9 Å². The van der Waals surface area contributed by atoms with Gasteiger partial charge in [-0.15, -0.1) is 0 Å². The summed E-state index contributed by atoms with van der Waals surface area (Å²) < 4.78 is 1.40. The van der Waals surface area contributed by atoms with Crippen LogP contribution in [-0.2, 0) is 13.7 Å². The summed E-state index contributed by atoms with van der Waals surface area (Å²) in [6, 6.07) is 0. The predicted octanol–water partition coefficient (Wildman–Crippen LogP) is 0.655. The van der Waals surface area contributed by atoms with Gasteiger partial charge >= 0.3 is 0 Å². The van der Waals surface area contributed by atoms with E-state index in [-0.39, 0.29) is 34.1 Å². The van der Waals surface area contributed by atoms with E-state index in [0.717, 1.165) is 0 Å². The minimum atomic E-state index is -0.392. The van der Waals surface area contributed by atoms with Gasteiger partial charge in [-0.1, -0.05) is 0 Å². The van der Waals surface area contributed by atoms with Crippen LogP contribution in [0.25, 0.3) is 0 Å². The summed E-state index contributed by atoms with van der Waals surface area (Å²) in [5.41, 5.74) is 0.981. The Morgan fingerprint density at radius 1 is 1.41 bits per heavy atom. The van der Waals surface area contributed by atoms with Crippen molar-refractivity contribution in [3.05, 3.63) is 34.2 Å². The number of carbonyl (C=O) groups is 3. The van der Waals surface area contributed by atoms with E-state index in [1.165, 1.54) is 17.6 Å². The molecule has 0 aliphatic heterocycles. The lowest BCUT2D eigenvalue weighted by atomic mass is 9.93. The molecule has 1 aromatic heterocycles. The van der Waals surface area contributed by atoms with Gasteiger partial charge in [0.15, 0.2) is 12.1 Å². The van der Waals surface area contributed by atoms with Gasteiger partial charge in [0.25, 0.3) is 0 Å². The summed E-state index contributed by atoms with van der Waals surface area (Å²) >= 11 is 0. The van der Waals surface area contributed by atoms with E-state index in [0.29, 0.717) is 11.9 Å². The molecular weight excluding hydrogens is 222 g/mol. The number of rotatable bonds is 2. The average Bonchev–Trinajstić information content (AvgIpc) is 2.58. The van der Waals surface area contributed by atoms with Gasteiger partial charge in [0, 0.05) is 18.2 Å². The van der Waals surface area contributed by atoms with Gasteiger partial charge in [-0.2, -0.15) is 0 Å². The first-order valence-corrected chi connectivity index (χ1v) is 5.07. The lowest BCUT2D eigenvalue weighted by Gasteiger charge is -2.10. The summed E-state index contributed by atoms with van der Waals surface area (Å²) in [6.45, 7) is 1.14. The lowest BCUT2D eigenvalue weighted by molar-refractivity contribution is 0.0978. The number of aromatic nitrogens is 1. The second-order valence-electron chi connectivity index (χ2n) is 3.94. The zero-order chi connectivity index (χ0) is 12.7. The molecule has 0 unspecified atom stereocenters. The predicted molar refractivity (Wildman–Crippen MR) is 59.1 cm³/mol. The standard InChI is InChI=1S/C12H11NO4/c1-6-3-9(16)11-10(12(6)17)7(4-14)8(5-15)13(11)2/h3-4,15H,5H2,1-2H3. The number of Topliss-reactive ketones (excluding diaryl/α,β-unsaturated/α-hetero) is 1. The molecule has 1 aromatic rings. The SMILES string of the molecule is CC1=CC(=O)c2c(c(C=O)c(CO)n2C)C1=O. The lowest BCUT2D eigenvalue weighted by Crippen LogP contribution is -2.17. The van der Waals surface area contributed by atoms with Crippen molar-refractivity contribution in [2.45, 2.75) is 13.5 Å². The number of nitrogens with zero attached hydrogens (tertiary/aromatic N) is 1. The number of aliphatic hydroxyl groups excluding tert-OH is 1. The number of hydrogen-bond acceptors (Lipinski definition) is 4. The Hall–Kier alpha value is -2.01. The Morgan fingerprint density at radius 3 is 2.59 bits per heavy atom. The molecule has 5 heteroatoms. The number of aliphatic hydroxyl groups is 1. The second-order valence-corrected chi connectivity index (χ2v) is 3.94.